The maximum Gasteiger partial charge on any atom is 0.203 e. The summed E-state index contributed by atoms with van der Waals surface area (Å²) in [5, 5.41) is 28.2. The molecule has 0 radical (unpaired) electrons. The minimum atomic E-state index is -1.52. The third-order valence-corrected chi connectivity index (χ3v) is 3.79. The number of benzene rings is 1. The van der Waals surface area contributed by atoms with Gasteiger partial charge in [-0.15, -0.1) is 0 Å². The molecule has 1 saturated heterocycles. The fourth-order valence-corrected chi connectivity index (χ4v) is 2.69. The first-order chi connectivity index (χ1) is 8.63. The summed E-state index contributed by atoms with van der Waals surface area (Å²) in [6, 6.07) is 9.12. The molecule has 6 heteroatoms. The second-order valence-electron chi connectivity index (χ2n) is 3.96. The minimum absolute atomic E-state index is 0.447. The van der Waals surface area contributed by atoms with Crippen LogP contribution in [0.4, 0.5) is 0 Å². The fraction of sp³-hybridized carbons (Fsp3) is 0.417. The number of carbonyl (C=O) groups is 1. The lowest BCUT2D eigenvalue weighted by molar-refractivity contribution is -0.175. The molecule has 98 valence electrons. The van der Waals surface area contributed by atoms with Crippen LogP contribution in [-0.2, 0) is 9.53 Å². The van der Waals surface area contributed by atoms with Crippen LogP contribution in [0.3, 0.4) is 0 Å². The normalized spacial score (nSPS) is 32.5. The molecule has 0 amide bonds. The van der Waals surface area contributed by atoms with Gasteiger partial charge in [-0.05, 0) is 12.1 Å². The number of aliphatic hydroxyl groups is 3. The van der Waals surface area contributed by atoms with Gasteiger partial charge in [0.1, 0.15) is 18.3 Å². The maximum atomic E-state index is 11.8. The first kappa shape index (κ1) is 13.5. The highest BCUT2D eigenvalue weighted by Gasteiger charge is 2.43. The first-order valence-electron chi connectivity index (χ1n) is 5.51. The van der Waals surface area contributed by atoms with Crippen molar-refractivity contribution >= 4 is 17.5 Å². The summed E-state index contributed by atoms with van der Waals surface area (Å²) in [6.07, 6.45) is -3.84. The summed E-state index contributed by atoms with van der Waals surface area (Å²) in [5.74, 6) is -0.582. The quantitative estimate of drug-likeness (QED) is 0.704. The molecule has 3 N–H and O–H groups in total. The molecule has 5 nitrogen and oxygen atoms in total. The molecule has 0 saturated carbocycles. The van der Waals surface area contributed by atoms with Crippen LogP contribution in [0.5, 0.6) is 0 Å². The minimum Gasteiger partial charge on any atom is -0.394 e. The molecule has 0 bridgehead atoms. The van der Waals surface area contributed by atoms with E-state index in [9.17, 15) is 15.0 Å². The molecule has 2 unspecified atom stereocenters. The number of Topliss-reactive ketones (excluding diaryl/α,β-unsaturated/α-hetero) is 1. The van der Waals surface area contributed by atoms with Gasteiger partial charge in [0.2, 0.25) is 5.78 Å². The zero-order chi connectivity index (χ0) is 13.1. The Kier molecular flexibility index (Phi) is 4.36. The molecule has 1 heterocycles. The summed E-state index contributed by atoms with van der Waals surface area (Å²) in [7, 11) is 0. The SMILES string of the molecule is O=C1C(O)[C@H](O)C(CO)O[C@H]1Sc1ccccc1. The lowest BCUT2D eigenvalue weighted by atomic mass is 10.0. The van der Waals surface area contributed by atoms with Gasteiger partial charge in [0.15, 0.2) is 5.44 Å². The molecule has 1 aliphatic heterocycles. The van der Waals surface area contributed by atoms with Gasteiger partial charge < -0.3 is 20.1 Å². The molecule has 18 heavy (non-hydrogen) atoms. The Morgan fingerprint density at radius 1 is 1.22 bits per heavy atom. The van der Waals surface area contributed by atoms with E-state index in [-0.39, 0.29) is 0 Å². The van der Waals surface area contributed by atoms with Gasteiger partial charge >= 0.3 is 0 Å². The van der Waals surface area contributed by atoms with E-state index < -0.39 is 36.1 Å². The highest BCUT2D eigenvalue weighted by atomic mass is 32.2. The van der Waals surface area contributed by atoms with Crippen molar-refractivity contribution in [1.82, 2.24) is 0 Å². The second kappa shape index (κ2) is 5.81. The van der Waals surface area contributed by atoms with Gasteiger partial charge in [0, 0.05) is 4.90 Å². The smallest absolute Gasteiger partial charge is 0.203 e. The Labute approximate surface area is 108 Å². The third-order valence-electron chi connectivity index (χ3n) is 2.69. The number of ether oxygens (including phenoxy) is 1. The van der Waals surface area contributed by atoms with Gasteiger partial charge in [-0.1, -0.05) is 30.0 Å². The van der Waals surface area contributed by atoms with Gasteiger partial charge in [-0.25, -0.2) is 0 Å². The number of ketones is 1. The van der Waals surface area contributed by atoms with E-state index in [2.05, 4.69) is 0 Å². The van der Waals surface area contributed by atoms with Crippen LogP contribution in [0.1, 0.15) is 0 Å². The van der Waals surface area contributed by atoms with E-state index in [0.717, 1.165) is 16.7 Å². The Balaban J connectivity index is 2.10. The number of carbonyl (C=O) groups excluding carboxylic acids is 1. The van der Waals surface area contributed by atoms with E-state index in [4.69, 9.17) is 9.84 Å². The number of aliphatic hydroxyl groups excluding tert-OH is 3. The average molecular weight is 270 g/mol. The topological polar surface area (TPSA) is 87.0 Å². The summed E-state index contributed by atoms with van der Waals surface area (Å²) in [5.41, 5.74) is -0.914. The molecule has 1 aromatic carbocycles. The zero-order valence-electron chi connectivity index (χ0n) is 9.47. The van der Waals surface area contributed by atoms with E-state index in [1.54, 1.807) is 0 Å². The van der Waals surface area contributed by atoms with Gasteiger partial charge in [0.25, 0.3) is 0 Å². The maximum absolute atomic E-state index is 11.8. The lowest BCUT2D eigenvalue weighted by Gasteiger charge is -2.34. The zero-order valence-corrected chi connectivity index (χ0v) is 10.3. The van der Waals surface area contributed by atoms with Gasteiger partial charge in [-0.3, -0.25) is 4.79 Å². The number of rotatable bonds is 3. The van der Waals surface area contributed by atoms with Crippen LogP contribution >= 0.6 is 11.8 Å². The Morgan fingerprint density at radius 3 is 2.50 bits per heavy atom. The van der Waals surface area contributed by atoms with Crippen molar-refractivity contribution in [2.75, 3.05) is 6.61 Å². The van der Waals surface area contributed by atoms with Crippen LogP contribution in [-0.4, -0.2) is 51.5 Å². The molecule has 0 spiro atoms. The third kappa shape index (κ3) is 2.73. The van der Waals surface area contributed by atoms with Crippen LogP contribution in [0, 0.1) is 0 Å². The lowest BCUT2D eigenvalue weighted by Crippen LogP contribution is -2.55. The van der Waals surface area contributed by atoms with Crippen molar-refractivity contribution in [3.05, 3.63) is 30.3 Å². The van der Waals surface area contributed by atoms with Crippen molar-refractivity contribution in [3.8, 4) is 0 Å². The summed E-state index contributed by atoms with van der Waals surface area (Å²) >= 11 is 1.14. The molecular formula is C12H14O5S. The fourth-order valence-electron chi connectivity index (χ4n) is 1.68. The second-order valence-corrected chi connectivity index (χ2v) is 5.09. The molecule has 2 rings (SSSR count). The number of thioether (sulfide) groups is 1. The van der Waals surface area contributed by atoms with Crippen LogP contribution < -0.4 is 0 Å². The van der Waals surface area contributed by atoms with Gasteiger partial charge in [0.05, 0.1) is 6.61 Å². The Bertz CT molecular complexity index is 410. The Hall–Kier alpha value is -0.920. The van der Waals surface area contributed by atoms with E-state index in [1.165, 1.54) is 0 Å². The van der Waals surface area contributed by atoms with Crippen molar-refractivity contribution in [1.29, 1.82) is 0 Å². The average Bonchev–Trinajstić information content (AvgIpc) is 2.40. The van der Waals surface area contributed by atoms with Crippen molar-refractivity contribution < 1.29 is 24.9 Å². The first-order valence-corrected chi connectivity index (χ1v) is 6.39. The van der Waals surface area contributed by atoms with Crippen LogP contribution in [0.25, 0.3) is 0 Å². The predicted octanol–water partition coefficient (Wildman–Crippen LogP) is -0.213. The molecule has 1 aromatic rings. The van der Waals surface area contributed by atoms with Crippen molar-refractivity contribution in [3.63, 3.8) is 0 Å². The molecule has 1 aliphatic rings. The Morgan fingerprint density at radius 2 is 1.89 bits per heavy atom. The number of hydrogen-bond acceptors (Lipinski definition) is 6. The summed E-state index contributed by atoms with van der Waals surface area (Å²) in [4.78, 5) is 12.6. The number of hydrogen-bond donors (Lipinski definition) is 3. The molecule has 1 fully saturated rings. The summed E-state index contributed by atoms with van der Waals surface area (Å²) < 4.78 is 5.29. The molecule has 0 aliphatic carbocycles. The standard InChI is InChI=1S/C12H14O5S/c13-6-8-9(14)10(15)11(16)12(17-8)18-7-4-2-1-3-5-7/h1-5,8-10,12-15H,6H2/t8?,9-,10?,12+/m1/s1. The van der Waals surface area contributed by atoms with Gasteiger partial charge in [-0.2, -0.15) is 0 Å². The van der Waals surface area contributed by atoms with Crippen LogP contribution in [0.2, 0.25) is 0 Å². The molecule has 4 atom stereocenters. The van der Waals surface area contributed by atoms with E-state index >= 15 is 0 Å². The van der Waals surface area contributed by atoms with Crippen molar-refractivity contribution in [2.45, 2.75) is 28.6 Å². The molecule has 0 aromatic heterocycles. The van der Waals surface area contributed by atoms with E-state index in [1.807, 2.05) is 30.3 Å². The monoisotopic (exact) mass is 270 g/mol. The van der Waals surface area contributed by atoms with E-state index in [0.29, 0.717) is 0 Å². The predicted molar refractivity (Wildman–Crippen MR) is 65.1 cm³/mol. The molecular weight excluding hydrogens is 256 g/mol. The van der Waals surface area contributed by atoms with Crippen LogP contribution in [0.15, 0.2) is 35.2 Å². The highest BCUT2D eigenvalue weighted by Crippen LogP contribution is 2.30. The van der Waals surface area contributed by atoms with Crippen molar-refractivity contribution in [2.24, 2.45) is 0 Å². The largest absolute Gasteiger partial charge is 0.394 e. The summed E-state index contributed by atoms with van der Waals surface area (Å²) in [6.45, 7) is -0.447. The highest BCUT2D eigenvalue weighted by molar-refractivity contribution is 8.00.